The summed E-state index contributed by atoms with van der Waals surface area (Å²) in [4.78, 5) is 15.6. The highest BCUT2D eigenvalue weighted by molar-refractivity contribution is 5.93. The van der Waals surface area contributed by atoms with Crippen LogP contribution in [0.4, 0.5) is 0 Å². The Balaban J connectivity index is 1.81. The normalized spacial score (nSPS) is 12.5. The van der Waals surface area contributed by atoms with Crippen molar-refractivity contribution in [3.8, 4) is 0 Å². The molecule has 2 aromatic heterocycles. The Labute approximate surface area is 117 Å². The molecule has 0 radical (unpaired) electrons. The zero-order valence-corrected chi connectivity index (χ0v) is 11.5. The highest BCUT2D eigenvalue weighted by Crippen LogP contribution is 2.19. The number of nitrogens with zero attached hydrogens (tertiary/aromatic N) is 2. The predicted molar refractivity (Wildman–Crippen MR) is 76.7 cm³/mol. The number of hydrogen-bond donors (Lipinski definition) is 1. The van der Waals surface area contributed by atoms with E-state index in [0.717, 1.165) is 11.5 Å². The molecule has 0 saturated heterocycles. The van der Waals surface area contributed by atoms with Crippen molar-refractivity contribution in [2.75, 3.05) is 0 Å². The molecule has 0 aliphatic rings. The lowest BCUT2D eigenvalue weighted by Gasteiger charge is -2.04. The van der Waals surface area contributed by atoms with E-state index in [1.807, 2.05) is 26.0 Å². The standard InChI is InChI=1S/C15H17N3O2/c1-11(14-6-5-12(2)20-14)7-9-17-18-15(19)13-4-3-8-16-10-13/h3-6,8-11H,7H2,1-2H3,(H,18,19)/b17-9+. The summed E-state index contributed by atoms with van der Waals surface area (Å²) < 4.78 is 5.54. The second kappa shape index (κ2) is 6.65. The maximum absolute atomic E-state index is 11.7. The molecule has 0 fully saturated rings. The molecule has 0 aliphatic heterocycles. The molecule has 1 unspecified atom stereocenters. The smallest absolute Gasteiger partial charge is 0.272 e. The van der Waals surface area contributed by atoms with Gasteiger partial charge in [0.15, 0.2) is 0 Å². The fourth-order valence-corrected chi connectivity index (χ4v) is 1.71. The Morgan fingerprint density at radius 3 is 3.00 bits per heavy atom. The van der Waals surface area contributed by atoms with Crippen molar-refractivity contribution in [2.24, 2.45) is 5.10 Å². The Kier molecular flexibility index (Phi) is 4.65. The van der Waals surface area contributed by atoms with Crippen LogP contribution in [0.5, 0.6) is 0 Å². The van der Waals surface area contributed by atoms with Crippen molar-refractivity contribution < 1.29 is 9.21 Å². The summed E-state index contributed by atoms with van der Waals surface area (Å²) in [7, 11) is 0. The molecular formula is C15H17N3O2. The maximum atomic E-state index is 11.7. The molecule has 5 heteroatoms. The van der Waals surface area contributed by atoms with Gasteiger partial charge in [-0.2, -0.15) is 5.10 Å². The molecule has 2 heterocycles. The van der Waals surface area contributed by atoms with Crippen LogP contribution < -0.4 is 5.43 Å². The summed E-state index contributed by atoms with van der Waals surface area (Å²) in [5.74, 6) is 1.78. The fourth-order valence-electron chi connectivity index (χ4n) is 1.71. The van der Waals surface area contributed by atoms with Crippen LogP contribution in [0, 0.1) is 6.92 Å². The van der Waals surface area contributed by atoms with E-state index in [0.29, 0.717) is 12.0 Å². The number of carbonyl (C=O) groups is 1. The van der Waals surface area contributed by atoms with Crippen LogP contribution >= 0.6 is 0 Å². The predicted octanol–water partition coefficient (Wildman–Crippen LogP) is 2.89. The highest BCUT2D eigenvalue weighted by atomic mass is 16.3. The average molecular weight is 271 g/mol. The van der Waals surface area contributed by atoms with Crippen molar-refractivity contribution >= 4 is 12.1 Å². The number of carbonyl (C=O) groups excluding carboxylic acids is 1. The number of nitrogens with one attached hydrogen (secondary N) is 1. The summed E-state index contributed by atoms with van der Waals surface area (Å²) in [5.41, 5.74) is 2.96. The van der Waals surface area contributed by atoms with Gasteiger partial charge in [-0.15, -0.1) is 0 Å². The van der Waals surface area contributed by atoms with Crippen LogP contribution in [-0.2, 0) is 0 Å². The highest BCUT2D eigenvalue weighted by Gasteiger charge is 2.08. The molecule has 0 aromatic carbocycles. The second-order valence-corrected chi connectivity index (χ2v) is 4.58. The molecular weight excluding hydrogens is 254 g/mol. The van der Waals surface area contributed by atoms with Gasteiger partial charge in [0.1, 0.15) is 11.5 Å². The zero-order valence-electron chi connectivity index (χ0n) is 11.5. The van der Waals surface area contributed by atoms with Crippen molar-refractivity contribution in [1.29, 1.82) is 0 Å². The molecule has 1 amide bonds. The van der Waals surface area contributed by atoms with E-state index in [4.69, 9.17) is 4.42 Å². The van der Waals surface area contributed by atoms with Crippen LogP contribution in [0.15, 0.2) is 46.2 Å². The van der Waals surface area contributed by atoms with E-state index >= 15 is 0 Å². The number of amides is 1. The van der Waals surface area contributed by atoms with E-state index in [1.165, 1.54) is 6.20 Å². The first kappa shape index (κ1) is 14.0. The SMILES string of the molecule is Cc1ccc(C(C)C/C=N/NC(=O)c2cccnc2)o1. The van der Waals surface area contributed by atoms with Gasteiger partial charge in [0, 0.05) is 24.5 Å². The first-order valence-corrected chi connectivity index (χ1v) is 6.45. The maximum Gasteiger partial charge on any atom is 0.272 e. The molecule has 0 spiro atoms. The van der Waals surface area contributed by atoms with Crippen LogP contribution in [-0.4, -0.2) is 17.1 Å². The molecule has 2 aromatic rings. The van der Waals surface area contributed by atoms with Crippen LogP contribution in [0.25, 0.3) is 0 Å². The molecule has 0 saturated carbocycles. The lowest BCUT2D eigenvalue weighted by molar-refractivity contribution is 0.0954. The van der Waals surface area contributed by atoms with Crippen molar-refractivity contribution in [3.05, 3.63) is 53.7 Å². The number of rotatable bonds is 5. The Hall–Kier alpha value is -2.43. The third kappa shape index (κ3) is 3.78. The minimum atomic E-state index is -0.268. The van der Waals surface area contributed by atoms with Crippen LogP contribution in [0.3, 0.4) is 0 Å². The van der Waals surface area contributed by atoms with Gasteiger partial charge in [-0.1, -0.05) is 6.92 Å². The van der Waals surface area contributed by atoms with Crippen molar-refractivity contribution in [1.82, 2.24) is 10.4 Å². The minimum Gasteiger partial charge on any atom is -0.466 e. The molecule has 0 aliphatic carbocycles. The van der Waals surface area contributed by atoms with Gasteiger partial charge in [0.2, 0.25) is 0 Å². The van der Waals surface area contributed by atoms with E-state index in [2.05, 4.69) is 15.5 Å². The van der Waals surface area contributed by atoms with E-state index in [1.54, 1.807) is 24.5 Å². The number of hydrazone groups is 1. The number of aromatic nitrogens is 1. The minimum absolute atomic E-state index is 0.225. The summed E-state index contributed by atoms with van der Waals surface area (Å²) in [6, 6.07) is 7.29. The quantitative estimate of drug-likeness (QED) is 0.671. The second-order valence-electron chi connectivity index (χ2n) is 4.58. The Bertz CT molecular complexity index is 590. The topological polar surface area (TPSA) is 67.5 Å². The third-order valence-electron chi connectivity index (χ3n) is 2.89. The lowest BCUT2D eigenvalue weighted by Crippen LogP contribution is -2.17. The number of aryl methyl sites for hydroxylation is 1. The van der Waals surface area contributed by atoms with Gasteiger partial charge in [-0.05, 0) is 37.6 Å². The van der Waals surface area contributed by atoms with E-state index in [9.17, 15) is 4.79 Å². The molecule has 5 nitrogen and oxygen atoms in total. The van der Waals surface area contributed by atoms with Gasteiger partial charge >= 0.3 is 0 Å². The molecule has 1 atom stereocenters. The zero-order chi connectivity index (χ0) is 14.4. The monoisotopic (exact) mass is 271 g/mol. The van der Waals surface area contributed by atoms with Crippen molar-refractivity contribution in [3.63, 3.8) is 0 Å². The Morgan fingerprint density at radius 1 is 1.50 bits per heavy atom. The largest absolute Gasteiger partial charge is 0.466 e. The van der Waals surface area contributed by atoms with E-state index < -0.39 is 0 Å². The van der Waals surface area contributed by atoms with Gasteiger partial charge in [-0.25, -0.2) is 5.43 Å². The number of furan rings is 1. The fraction of sp³-hybridized carbons (Fsp3) is 0.267. The lowest BCUT2D eigenvalue weighted by atomic mass is 10.1. The van der Waals surface area contributed by atoms with E-state index in [-0.39, 0.29) is 11.8 Å². The summed E-state index contributed by atoms with van der Waals surface area (Å²) in [6.45, 7) is 3.96. The molecule has 0 bridgehead atoms. The number of pyridine rings is 1. The van der Waals surface area contributed by atoms with Gasteiger partial charge in [0.05, 0.1) is 5.56 Å². The first-order valence-electron chi connectivity index (χ1n) is 6.45. The third-order valence-corrected chi connectivity index (χ3v) is 2.89. The summed E-state index contributed by atoms with van der Waals surface area (Å²) in [6.07, 6.45) is 5.49. The summed E-state index contributed by atoms with van der Waals surface area (Å²) >= 11 is 0. The molecule has 2 rings (SSSR count). The van der Waals surface area contributed by atoms with Gasteiger partial charge in [-0.3, -0.25) is 9.78 Å². The van der Waals surface area contributed by atoms with Crippen LogP contribution in [0.1, 0.15) is 41.1 Å². The number of hydrogen-bond acceptors (Lipinski definition) is 4. The first-order chi connectivity index (χ1) is 9.66. The molecule has 104 valence electrons. The Morgan fingerprint density at radius 2 is 2.35 bits per heavy atom. The molecule has 1 N–H and O–H groups in total. The van der Waals surface area contributed by atoms with Crippen molar-refractivity contribution in [2.45, 2.75) is 26.2 Å². The van der Waals surface area contributed by atoms with Gasteiger partial charge < -0.3 is 4.42 Å². The van der Waals surface area contributed by atoms with Gasteiger partial charge in [0.25, 0.3) is 5.91 Å². The average Bonchev–Trinajstić information content (AvgIpc) is 2.91. The van der Waals surface area contributed by atoms with Crippen LogP contribution in [0.2, 0.25) is 0 Å². The summed E-state index contributed by atoms with van der Waals surface area (Å²) in [5, 5.41) is 3.93. The molecule has 20 heavy (non-hydrogen) atoms.